The van der Waals surface area contributed by atoms with Crippen molar-refractivity contribution < 1.29 is 4.39 Å². The number of halogens is 2. The molecule has 0 aliphatic heterocycles. The van der Waals surface area contributed by atoms with E-state index in [1.54, 1.807) is 34.9 Å². The molecule has 0 fully saturated rings. The SMILES string of the molecule is N#Cc1ccn2c(-c3cccc(F)c3Br)nnc2c1. The van der Waals surface area contributed by atoms with Gasteiger partial charge in [-0.2, -0.15) is 5.26 Å². The van der Waals surface area contributed by atoms with Crippen LogP contribution in [0.3, 0.4) is 0 Å². The van der Waals surface area contributed by atoms with Crippen molar-refractivity contribution in [3.8, 4) is 17.5 Å². The Kier molecular flexibility index (Phi) is 2.76. The average Bonchev–Trinajstić information content (AvgIpc) is 2.84. The van der Waals surface area contributed by atoms with Gasteiger partial charge in [-0.1, -0.05) is 6.07 Å². The van der Waals surface area contributed by atoms with Crippen LogP contribution in [0.25, 0.3) is 17.0 Å². The van der Waals surface area contributed by atoms with Gasteiger partial charge in [0.2, 0.25) is 0 Å². The molecule has 0 spiro atoms. The summed E-state index contributed by atoms with van der Waals surface area (Å²) in [7, 11) is 0. The normalized spacial score (nSPS) is 10.6. The third kappa shape index (κ3) is 1.88. The Hall–Kier alpha value is -2.26. The summed E-state index contributed by atoms with van der Waals surface area (Å²) >= 11 is 3.21. The number of aromatic nitrogens is 3. The quantitative estimate of drug-likeness (QED) is 0.693. The Morgan fingerprint density at radius 1 is 1.26 bits per heavy atom. The molecule has 6 heteroatoms. The number of fused-ring (bicyclic) bond motifs is 1. The number of nitriles is 1. The number of benzene rings is 1. The Bertz CT molecular complexity index is 819. The highest BCUT2D eigenvalue weighted by atomic mass is 79.9. The molecule has 0 aliphatic carbocycles. The van der Waals surface area contributed by atoms with Gasteiger partial charge in [0.25, 0.3) is 0 Å². The maximum atomic E-state index is 13.5. The number of hydrogen-bond donors (Lipinski definition) is 0. The van der Waals surface area contributed by atoms with Gasteiger partial charge in [-0.05, 0) is 34.1 Å². The summed E-state index contributed by atoms with van der Waals surface area (Å²) in [6.07, 6.45) is 1.70. The number of pyridine rings is 1. The maximum absolute atomic E-state index is 13.5. The zero-order chi connectivity index (χ0) is 13.4. The summed E-state index contributed by atoms with van der Waals surface area (Å²) in [6, 6.07) is 10.1. The fourth-order valence-corrected chi connectivity index (χ4v) is 2.26. The molecule has 0 atom stereocenters. The van der Waals surface area contributed by atoms with Crippen molar-refractivity contribution in [1.29, 1.82) is 5.26 Å². The molecule has 1 aromatic carbocycles. The van der Waals surface area contributed by atoms with E-state index in [9.17, 15) is 4.39 Å². The van der Waals surface area contributed by atoms with Crippen molar-refractivity contribution in [3.63, 3.8) is 0 Å². The van der Waals surface area contributed by atoms with Gasteiger partial charge in [0, 0.05) is 17.8 Å². The standard InChI is InChI=1S/C13H6BrFN4/c14-12-9(2-1-3-10(12)15)13-18-17-11-6-8(7-16)4-5-19(11)13/h1-6H. The molecule has 0 N–H and O–H groups in total. The molecule has 2 heterocycles. The molecule has 0 amide bonds. The lowest BCUT2D eigenvalue weighted by atomic mass is 10.2. The topological polar surface area (TPSA) is 54.0 Å². The van der Waals surface area contributed by atoms with Crippen molar-refractivity contribution in [2.45, 2.75) is 0 Å². The molecular weight excluding hydrogens is 311 g/mol. The molecule has 4 nitrogen and oxygen atoms in total. The van der Waals surface area contributed by atoms with Crippen LogP contribution in [0, 0.1) is 17.1 Å². The van der Waals surface area contributed by atoms with Crippen LogP contribution >= 0.6 is 15.9 Å². The van der Waals surface area contributed by atoms with E-state index < -0.39 is 0 Å². The summed E-state index contributed by atoms with van der Waals surface area (Å²) in [6.45, 7) is 0. The summed E-state index contributed by atoms with van der Waals surface area (Å²) < 4.78 is 15.6. The van der Waals surface area contributed by atoms with Crippen molar-refractivity contribution in [2.24, 2.45) is 0 Å². The van der Waals surface area contributed by atoms with E-state index in [1.807, 2.05) is 6.07 Å². The van der Waals surface area contributed by atoms with Crippen molar-refractivity contribution in [1.82, 2.24) is 14.6 Å². The van der Waals surface area contributed by atoms with Crippen LogP contribution in [0.15, 0.2) is 41.0 Å². The maximum Gasteiger partial charge on any atom is 0.169 e. The lowest BCUT2D eigenvalue weighted by Crippen LogP contribution is -1.92. The molecule has 19 heavy (non-hydrogen) atoms. The second-order valence-corrected chi connectivity index (χ2v) is 4.67. The highest BCUT2D eigenvalue weighted by Gasteiger charge is 2.13. The second-order valence-electron chi connectivity index (χ2n) is 3.88. The third-order valence-electron chi connectivity index (χ3n) is 2.73. The molecule has 0 bridgehead atoms. The lowest BCUT2D eigenvalue weighted by molar-refractivity contribution is 0.621. The molecule has 0 saturated carbocycles. The molecule has 0 saturated heterocycles. The van der Waals surface area contributed by atoms with Crippen LogP contribution in [0.1, 0.15) is 5.56 Å². The fraction of sp³-hybridized carbons (Fsp3) is 0. The van der Waals surface area contributed by atoms with Gasteiger partial charge >= 0.3 is 0 Å². The molecular formula is C13H6BrFN4. The van der Waals surface area contributed by atoms with Crippen molar-refractivity contribution in [2.75, 3.05) is 0 Å². The first-order valence-electron chi connectivity index (χ1n) is 5.40. The van der Waals surface area contributed by atoms with Gasteiger partial charge in [0.1, 0.15) is 5.82 Å². The first-order chi connectivity index (χ1) is 9.20. The molecule has 0 aliphatic rings. The fourth-order valence-electron chi connectivity index (χ4n) is 1.82. The number of rotatable bonds is 1. The summed E-state index contributed by atoms with van der Waals surface area (Å²) in [5, 5.41) is 16.9. The first-order valence-corrected chi connectivity index (χ1v) is 6.19. The van der Waals surface area contributed by atoms with Gasteiger partial charge in [0.15, 0.2) is 11.5 Å². The van der Waals surface area contributed by atoms with Gasteiger partial charge in [-0.15, -0.1) is 10.2 Å². The van der Waals surface area contributed by atoms with E-state index in [0.29, 0.717) is 27.1 Å². The summed E-state index contributed by atoms with van der Waals surface area (Å²) in [5.74, 6) is 0.161. The minimum atomic E-state index is -0.358. The molecule has 2 aromatic heterocycles. The third-order valence-corrected chi connectivity index (χ3v) is 3.54. The van der Waals surface area contributed by atoms with E-state index in [4.69, 9.17) is 5.26 Å². The summed E-state index contributed by atoms with van der Waals surface area (Å²) in [5.41, 5.74) is 1.66. The Morgan fingerprint density at radius 3 is 2.89 bits per heavy atom. The van der Waals surface area contributed by atoms with Crippen LogP contribution < -0.4 is 0 Å². The van der Waals surface area contributed by atoms with Crippen LogP contribution in [-0.4, -0.2) is 14.6 Å². The number of nitrogens with zero attached hydrogens (tertiary/aromatic N) is 4. The molecule has 3 aromatic rings. The largest absolute Gasteiger partial charge is 0.282 e. The monoisotopic (exact) mass is 316 g/mol. The van der Waals surface area contributed by atoms with Gasteiger partial charge in [0.05, 0.1) is 16.1 Å². The molecule has 92 valence electrons. The van der Waals surface area contributed by atoms with E-state index in [1.165, 1.54) is 6.07 Å². The van der Waals surface area contributed by atoms with Gasteiger partial charge in [-0.3, -0.25) is 4.40 Å². The lowest BCUT2D eigenvalue weighted by Gasteiger charge is -2.03. The minimum absolute atomic E-state index is 0.341. The van der Waals surface area contributed by atoms with Crippen LogP contribution in [0.5, 0.6) is 0 Å². The predicted octanol–water partition coefficient (Wildman–Crippen LogP) is 3.17. The van der Waals surface area contributed by atoms with Crippen molar-refractivity contribution in [3.05, 3.63) is 52.4 Å². The van der Waals surface area contributed by atoms with Crippen LogP contribution in [0.2, 0.25) is 0 Å². The van der Waals surface area contributed by atoms with E-state index >= 15 is 0 Å². The zero-order valence-corrected chi connectivity index (χ0v) is 11.1. The van der Waals surface area contributed by atoms with E-state index in [0.717, 1.165) is 0 Å². The Morgan fingerprint density at radius 2 is 2.11 bits per heavy atom. The molecule has 0 unspecified atom stereocenters. The summed E-state index contributed by atoms with van der Waals surface area (Å²) in [4.78, 5) is 0. The highest BCUT2D eigenvalue weighted by Crippen LogP contribution is 2.29. The van der Waals surface area contributed by atoms with Crippen LogP contribution in [-0.2, 0) is 0 Å². The van der Waals surface area contributed by atoms with Gasteiger partial charge < -0.3 is 0 Å². The highest BCUT2D eigenvalue weighted by molar-refractivity contribution is 9.10. The minimum Gasteiger partial charge on any atom is -0.282 e. The molecule has 3 rings (SSSR count). The average molecular weight is 317 g/mol. The van der Waals surface area contributed by atoms with E-state index in [-0.39, 0.29) is 5.82 Å². The smallest absolute Gasteiger partial charge is 0.169 e. The second kappa shape index (κ2) is 4.44. The van der Waals surface area contributed by atoms with Gasteiger partial charge in [-0.25, -0.2) is 4.39 Å². The van der Waals surface area contributed by atoms with Crippen molar-refractivity contribution >= 4 is 21.6 Å². The van der Waals surface area contributed by atoms with Crippen LogP contribution in [0.4, 0.5) is 4.39 Å². The molecule has 0 radical (unpaired) electrons. The Balaban J connectivity index is 2.27. The zero-order valence-electron chi connectivity index (χ0n) is 9.51. The Labute approximate surface area is 116 Å². The number of hydrogen-bond acceptors (Lipinski definition) is 3. The van der Waals surface area contributed by atoms with E-state index in [2.05, 4.69) is 26.1 Å². The predicted molar refractivity (Wildman–Crippen MR) is 70.8 cm³/mol. The first kappa shape index (κ1) is 11.8.